The lowest BCUT2D eigenvalue weighted by atomic mass is 10.2. The number of nitrogens with zero attached hydrogens (tertiary/aromatic N) is 1. The normalized spacial score (nSPS) is 11.9. The van der Waals surface area contributed by atoms with Gasteiger partial charge in [-0.3, -0.25) is 0 Å². The van der Waals surface area contributed by atoms with Crippen LogP contribution < -0.4 is 10.9 Å². The van der Waals surface area contributed by atoms with Gasteiger partial charge in [-0.05, 0) is 24.6 Å². The van der Waals surface area contributed by atoms with Crippen LogP contribution >= 0.6 is 11.6 Å². The maximum Gasteiger partial charge on any atom is 0.408 e. The molecule has 0 bridgehead atoms. The average Bonchev–Trinajstić information content (AvgIpc) is 2.60. The number of halogens is 1. The van der Waals surface area contributed by atoms with Gasteiger partial charge in [0.1, 0.15) is 18.0 Å². The third kappa shape index (κ3) is 3.97. The monoisotopic (exact) mass is 358 g/mol. The topological polar surface area (TPSA) is 81.4 Å². The van der Waals surface area contributed by atoms with Crippen LogP contribution in [0.15, 0.2) is 57.7 Å². The minimum Gasteiger partial charge on any atom is -0.445 e. The van der Waals surface area contributed by atoms with Gasteiger partial charge in [-0.1, -0.05) is 48.0 Å². The lowest BCUT2D eigenvalue weighted by Crippen LogP contribution is -2.28. The number of carbonyl (C=O) groups is 1. The Labute approximate surface area is 148 Å². The minimum absolute atomic E-state index is 0.0800. The van der Waals surface area contributed by atoms with Crippen molar-refractivity contribution in [2.75, 3.05) is 0 Å². The Morgan fingerprint density at radius 3 is 2.76 bits per heavy atom. The van der Waals surface area contributed by atoms with Gasteiger partial charge >= 0.3 is 11.7 Å². The van der Waals surface area contributed by atoms with E-state index in [1.807, 2.05) is 30.3 Å². The zero-order chi connectivity index (χ0) is 17.8. The van der Waals surface area contributed by atoms with Crippen LogP contribution in [0.3, 0.4) is 0 Å². The zero-order valence-corrected chi connectivity index (χ0v) is 14.1. The molecule has 1 unspecified atom stereocenters. The standard InChI is InChI=1S/C18H15ClN2O4/c1-11(20-18(23)24-10-12-6-3-2-4-7-12)16-21-14-9-5-8-13(19)15(14)17(22)25-16/h2-9,11H,10H2,1H3,(H,20,23). The molecule has 0 aliphatic carbocycles. The molecule has 3 aromatic rings. The van der Waals surface area contributed by atoms with E-state index < -0.39 is 17.8 Å². The first-order valence-corrected chi connectivity index (χ1v) is 7.99. The minimum atomic E-state index is -0.639. The van der Waals surface area contributed by atoms with E-state index in [2.05, 4.69) is 10.3 Å². The number of rotatable bonds is 4. The second kappa shape index (κ2) is 7.36. The van der Waals surface area contributed by atoms with Gasteiger partial charge in [0.05, 0.1) is 10.5 Å². The highest BCUT2D eigenvalue weighted by molar-refractivity contribution is 6.35. The summed E-state index contributed by atoms with van der Waals surface area (Å²) in [6.45, 7) is 1.79. The second-order valence-corrected chi connectivity index (χ2v) is 5.81. The molecule has 128 valence electrons. The fraction of sp³-hybridized carbons (Fsp3) is 0.167. The van der Waals surface area contributed by atoms with Crippen molar-refractivity contribution < 1.29 is 13.9 Å². The Bertz CT molecular complexity index is 956. The number of benzene rings is 2. The molecule has 0 saturated carbocycles. The van der Waals surface area contributed by atoms with E-state index in [9.17, 15) is 9.59 Å². The summed E-state index contributed by atoms with van der Waals surface area (Å²) in [6, 6.07) is 13.6. The number of alkyl carbamates (subject to hydrolysis) is 1. The molecule has 1 heterocycles. The second-order valence-electron chi connectivity index (χ2n) is 5.40. The largest absolute Gasteiger partial charge is 0.445 e. The van der Waals surface area contributed by atoms with Crippen LogP contribution in [0.1, 0.15) is 24.4 Å². The average molecular weight is 359 g/mol. The van der Waals surface area contributed by atoms with Crippen LogP contribution in [0.5, 0.6) is 0 Å². The smallest absolute Gasteiger partial charge is 0.408 e. The molecule has 0 aliphatic heterocycles. The molecule has 1 atom stereocenters. The third-order valence-corrected chi connectivity index (χ3v) is 3.86. The van der Waals surface area contributed by atoms with Crippen LogP contribution in [0.4, 0.5) is 4.79 Å². The van der Waals surface area contributed by atoms with E-state index in [0.29, 0.717) is 5.52 Å². The predicted molar refractivity (Wildman–Crippen MR) is 93.5 cm³/mol. The molecule has 0 spiro atoms. The van der Waals surface area contributed by atoms with Crippen LogP contribution in [0.25, 0.3) is 10.9 Å². The molecule has 6 nitrogen and oxygen atoms in total. The van der Waals surface area contributed by atoms with Gasteiger partial charge in [-0.15, -0.1) is 0 Å². The predicted octanol–water partition coefficient (Wildman–Crippen LogP) is 3.83. The molecule has 3 rings (SSSR count). The molecule has 0 saturated heterocycles. The quantitative estimate of drug-likeness (QED) is 0.766. The maximum atomic E-state index is 12.1. The Hall–Kier alpha value is -2.86. The Morgan fingerprint density at radius 1 is 1.24 bits per heavy atom. The Kier molecular flexibility index (Phi) is 5.00. The first-order chi connectivity index (χ1) is 12.0. The number of aromatic nitrogens is 1. The van der Waals surface area contributed by atoms with Gasteiger partial charge < -0.3 is 14.5 Å². The van der Waals surface area contributed by atoms with Gasteiger partial charge in [0.2, 0.25) is 5.89 Å². The number of fused-ring (bicyclic) bond motifs is 1. The molecular weight excluding hydrogens is 344 g/mol. The number of hydrogen-bond donors (Lipinski definition) is 1. The van der Waals surface area contributed by atoms with Crippen molar-refractivity contribution in [3.8, 4) is 0 Å². The van der Waals surface area contributed by atoms with E-state index in [0.717, 1.165) is 5.56 Å². The highest BCUT2D eigenvalue weighted by Gasteiger charge is 2.17. The van der Waals surface area contributed by atoms with Gasteiger partial charge in [0.15, 0.2) is 0 Å². The number of nitrogens with one attached hydrogen (secondary N) is 1. The summed E-state index contributed by atoms with van der Waals surface area (Å²) in [6.07, 6.45) is -0.632. The molecule has 1 amide bonds. The van der Waals surface area contributed by atoms with Crippen molar-refractivity contribution in [3.05, 3.63) is 75.4 Å². The fourth-order valence-corrected chi connectivity index (χ4v) is 2.53. The van der Waals surface area contributed by atoms with Crippen LogP contribution in [-0.2, 0) is 11.3 Å². The number of ether oxygens (including phenoxy) is 1. The molecular formula is C18H15ClN2O4. The summed E-state index contributed by atoms with van der Waals surface area (Å²) in [4.78, 5) is 28.2. The summed E-state index contributed by atoms with van der Waals surface area (Å²) in [7, 11) is 0. The van der Waals surface area contributed by atoms with Crippen LogP contribution in [0, 0.1) is 0 Å². The highest BCUT2D eigenvalue weighted by atomic mass is 35.5. The molecule has 1 aromatic heterocycles. The first kappa shape index (κ1) is 17.0. The molecule has 0 fully saturated rings. The lowest BCUT2D eigenvalue weighted by Gasteiger charge is -2.13. The van der Waals surface area contributed by atoms with Crippen molar-refractivity contribution in [1.82, 2.24) is 10.3 Å². The van der Waals surface area contributed by atoms with E-state index in [1.165, 1.54) is 0 Å². The van der Waals surface area contributed by atoms with Crippen molar-refractivity contribution in [3.63, 3.8) is 0 Å². The Balaban J connectivity index is 1.70. The summed E-state index contributed by atoms with van der Waals surface area (Å²) < 4.78 is 10.3. The molecule has 2 aromatic carbocycles. The summed E-state index contributed by atoms with van der Waals surface area (Å²) in [5.41, 5.74) is 0.678. The SMILES string of the molecule is CC(NC(=O)OCc1ccccc1)c1nc2cccc(Cl)c2c(=O)o1. The maximum absolute atomic E-state index is 12.1. The van der Waals surface area contributed by atoms with Gasteiger partial charge in [-0.2, -0.15) is 0 Å². The van der Waals surface area contributed by atoms with E-state index in [1.54, 1.807) is 25.1 Å². The summed E-state index contributed by atoms with van der Waals surface area (Å²) in [5, 5.41) is 3.07. The lowest BCUT2D eigenvalue weighted by molar-refractivity contribution is 0.134. The molecule has 25 heavy (non-hydrogen) atoms. The van der Waals surface area contributed by atoms with Gasteiger partial charge in [0, 0.05) is 0 Å². The summed E-state index contributed by atoms with van der Waals surface area (Å²) in [5.74, 6) is 0.0800. The Morgan fingerprint density at radius 2 is 2.00 bits per heavy atom. The molecule has 0 aliphatic rings. The van der Waals surface area contributed by atoms with E-state index in [-0.39, 0.29) is 22.9 Å². The van der Waals surface area contributed by atoms with Gasteiger partial charge in [-0.25, -0.2) is 14.6 Å². The van der Waals surface area contributed by atoms with Crippen LogP contribution in [-0.4, -0.2) is 11.1 Å². The third-order valence-electron chi connectivity index (χ3n) is 3.54. The molecule has 0 radical (unpaired) electrons. The number of amides is 1. The van der Waals surface area contributed by atoms with Crippen molar-refractivity contribution in [1.29, 1.82) is 0 Å². The van der Waals surface area contributed by atoms with Gasteiger partial charge in [0.25, 0.3) is 0 Å². The van der Waals surface area contributed by atoms with Crippen molar-refractivity contribution in [2.24, 2.45) is 0 Å². The van der Waals surface area contributed by atoms with E-state index >= 15 is 0 Å². The van der Waals surface area contributed by atoms with Crippen molar-refractivity contribution in [2.45, 2.75) is 19.6 Å². The highest BCUT2D eigenvalue weighted by Crippen LogP contribution is 2.20. The number of carbonyl (C=O) groups excluding carboxylic acids is 1. The summed E-state index contributed by atoms with van der Waals surface area (Å²) >= 11 is 5.99. The van der Waals surface area contributed by atoms with E-state index in [4.69, 9.17) is 20.8 Å². The van der Waals surface area contributed by atoms with Crippen LogP contribution in [0.2, 0.25) is 5.02 Å². The number of hydrogen-bond acceptors (Lipinski definition) is 5. The molecule has 1 N–H and O–H groups in total. The van der Waals surface area contributed by atoms with Crippen molar-refractivity contribution >= 4 is 28.6 Å². The molecule has 7 heteroatoms. The fourth-order valence-electron chi connectivity index (χ4n) is 2.28. The zero-order valence-electron chi connectivity index (χ0n) is 13.4. The first-order valence-electron chi connectivity index (χ1n) is 7.61.